The van der Waals surface area contributed by atoms with Crippen molar-refractivity contribution in [1.29, 1.82) is 0 Å². The largest absolute Gasteiger partial charge is 0.450 e. The molecule has 0 radical (unpaired) electrons. The number of aromatic nitrogens is 1. The fourth-order valence-electron chi connectivity index (χ4n) is 2.95. The van der Waals surface area contributed by atoms with E-state index in [1.54, 1.807) is 18.9 Å². The second-order valence-electron chi connectivity index (χ2n) is 5.85. The monoisotopic (exact) mass is 420 g/mol. The number of piperidine rings is 1. The Labute approximate surface area is 154 Å². The highest BCUT2D eigenvalue weighted by molar-refractivity contribution is 9.10. The van der Waals surface area contributed by atoms with Gasteiger partial charge in [0, 0.05) is 25.8 Å². The zero-order valence-corrected chi connectivity index (χ0v) is 16.4. The SMILES string of the molecule is CCOC(=O)N1CC[C@@H](CC(=O)c2[nH]c(C)c(Br)c2Cl)[C@@H](OC)C1. The summed E-state index contributed by atoms with van der Waals surface area (Å²) in [4.78, 5) is 29.1. The summed E-state index contributed by atoms with van der Waals surface area (Å²) in [5, 5.41) is 0.412. The van der Waals surface area contributed by atoms with Crippen molar-refractivity contribution in [3.63, 3.8) is 0 Å². The predicted octanol–water partition coefficient (Wildman–Crippen LogP) is 3.81. The first-order valence-corrected chi connectivity index (χ1v) is 9.07. The number of aryl methyl sites for hydroxylation is 1. The fraction of sp³-hybridized carbons (Fsp3) is 0.625. The van der Waals surface area contributed by atoms with Gasteiger partial charge in [-0.05, 0) is 42.1 Å². The fourth-order valence-corrected chi connectivity index (χ4v) is 3.54. The summed E-state index contributed by atoms with van der Waals surface area (Å²) in [6.45, 7) is 4.95. The second-order valence-corrected chi connectivity index (χ2v) is 7.02. The molecule has 0 bridgehead atoms. The van der Waals surface area contributed by atoms with Crippen LogP contribution in [-0.2, 0) is 9.47 Å². The lowest BCUT2D eigenvalue weighted by atomic mass is 9.88. The Morgan fingerprint density at radius 3 is 2.71 bits per heavy atom. The standard InChI is InChI=1S/C16H22BrClN2O4/c1-4-24-16(22)20-6-5-10(12(8-20)23-3)7-11(21)15-14(18)13(17)9(2)19-15/h10,12,19H,4-8H2,1-3H3/t10-,12-/m0/s1. The summed E-state index contributed by atoms with van der Waals surface area (Å²) in [6, 6.07) is 0. The number of Topliss-reactive ketones (excluding diaryl/α,β-unsaturated/α-hetero) is 1. The van der Waals surface area contributed by atoms with E-state index in [1.807, 2.05) is 6.92 Å². The van der Waals surface area contributed by atoms with Gasteiger partial charge in [-0.15, -0.1) is 0 Å². The Bertz CT molecular complexity index is 619. The Balaban J connectivity index is 2.03. The molecule has 0 unspecified atom stereocenters. The summed E-state index contributed by atoms with van der Waals surface area (Å²) in [6.07, 6.45) is 0.463. The zero-order valence-electron chi connectivity index (χ0n) is 14.0. The van der Waals surface area contributed by atoms with Gasteiger partial charge in [0.1, 0.15) is 5.69 Å². The summed E-state index contributed by atoms with van der Waals surface area (Å²) in [7, 11) is 1.60. The molecule has 1 fully saturated rings. The van der Waals surface area contributed by atoms with Crippen molar-refractivity contribution in [2.45, 2.75) is 32.8 Å². The molecule has 0 aromatic carbocycles. The van der Waals surface area contributed by atoms with E-state index in [0.717, 1.165) is 5.69 Å². The molecule has 1 amide bonds. The van der Waals surface area contributed by atoms with Crippen molar-refractivity contribution in [3.05, 3.63) is 20.9 Å². The molecule has 134 valence electrons. The van der Waals surface area contributed by atoms with Crippen molar-refractivity contribution in [2.24, 2.45) is 5.92 Å². The maximum absolute atomic E-state index is 12.6. The topological polar surface area (TPSA) is 71.6 Å². The number of carbonyl (C=O) groups is 2. The van der Waals surface area contributed by atoms with E-state index in [1.165, 1.54) is 0 Å². The number of likely N-dealkylation sites (tertiary alicyclic amines) is 1. The number of ether oxygens (including phenoxy) is 2. The molecular formula is C16H22BrClN2O4. The van der Waals surface area contributed by atoms with Gasteiger partial charge in [-0.25, -0.2) is 4.79 Å². The van der Waals surface area contributed by atoms with Crippen LogP contribution in [0.5, 0.6) is 0 Å². The van der Waals surface area contributed by atoms with Crippen LogP contribution < -0.4 is 0 Å². The van der Waals surface area contributed by atoms with E-state index in [2.05, 4.69) is 20.9 Å². The Hall–Kier alpha value is -1.05. The molecule has 0 spiro atoms. The highest BCUT2D eigenvalue weighted by Gasteiger charge is 2.34. The number of carbonyl (C=O) groups excluding carboxylic acids is 2. The van der Waals surface area contributed by atoms with Gasteiger partial charge in [0.25, 0.3) is 0 Å². The van der Waals surface area contributed by atoms with Crippen LogP contribution in [0.2, 0.25) is 5.02 Å². The van der Waals surface area contributed by atoms with Gasteiger partial charge in [0.05, 0.1) is 28.8 Å². The van der Waals surface area contributed by atoms with E-state index >= 15 is 0 Å². The Kier molecular flexibility index (Phi) is 6.71. The first kappa shape index (κ1) is 19.3. The van der Waals surface area contributed by atoms with Gasteiger partial charge >= 0.3 is 6.09 Å². The van der Waals surface area contributed by atoms with Crippen LogP contribution in [0, 0.1) is 12.8 Å². The zero-order chi connectivity index (χ0) is 17.9. The van der Waals surface area contributed by atoms with Gasteiger partial charge in [0.15, 0.2) is 5.78 Å². The number of halogens is 2. The number of nitrogens with one attached hydrogen (secondary N) is 1. The first-order valence-electron chi connectivity index (χ1n) is 7.90. The lowest BCUT2D eigenvalue weighted by Gasteiger charge is -2.36. The Morgan fingerprint density at radius 2 is 2.17 bits per heavy atom. The van der Waals surface area contributed by atoms with Crippen LogP contribution in [0.15, 0.2) is 4.47 Å². The number of H-pyrrole nitrogens is 1. The van der Waals surface area contributed by atoms with Crippen LogP contribution in [0.25, 0.3) is 0 Å². The third-order valence-corrected chi connectivity index (χ3v) is 5.90. The molecule has 2 atom stereocenters. The smallest absolute Gasteiger partial charge is 0.409 e. The maximum Gasteiger partial charge on any atom is 0.409 e. The summed E-state index contributed by atoms with van der Waals surface area (Å²) < 4.78 is 11.2. The highest BCUT2D eigenvalue weighted by Crippen LogP contribution is 2.32. The minimum atomic E-state index is -0.337. The van der Waals surface area contributed by atoms with Gasteiger partial charge in [-0.3, -0.25) is 4.79 Å². The number of rotatable bonds is 5. The van der Waals surface area contributed by atoms with Crippen molar-refractivity contribution >= 4 is 39.4 Å². The molecule has 1 N–H and O–H groups in total. The molecule has 8 heteroatoms. The summed E-state index contributed by atoms with van der Waals surface area (Å²) in [5.74, 6) is -0.0166. The van der Waals surface area contributed by atoms with E-state index in [0.29, 0.717) is 47.7 Å². The van der Waals surface area contributed by atoms with E-state index in [4.69, 9.17) is 21.1 Å². The third-order valence-electron chi connectivity index (χ3n) is 4.31. The van der Waals surface area contributed by atoms with E-state index in [9.17, 15) is 9.59 Å². The molecule has 0 saturated carbocycles. The minimum Gasteiger partial charge on any atom is -0.450 e. The summed E-state index contributed by atoms with van der Waals surface area (Å²) >= 11 is 9.56. The number of methoxy groups -OCH3 is 1. The van der Waals surface area contributed by atoms with Crippen molar-refractivity contribution in [2.75, 3.05) is 26.8 Å². The van der Waals surface area contributed by atoms with Crippen LogP contribution in [0.4, 0.5) is 4.79 Å². The summed E-state index contributed by atoms with van der Waals surface area (Å²) in [5.41, 5.74) is 1.24. The first-order chi connectivity index (χ1) is 11.4. The molecule has 1 aliphatic rings. The predicted molar refractivity (Wildman–Crippen MR) is 94.7 cm³/mol. The number of ketones is 1. The van der Waals surface area contributed by atoms with Crippen LogP contribution in [-0.4, -0.2) is 54.7 Å². The quantitative estimate of drug-likeness (QED) is 0.734. The number of amides is 1. The third kappa shape index (κ3) is 4.13. The lowest BCUT2D eigenvalue weighted by molar-refractivity contribution is -0.0121. The molecule has 24 heavy (non-hydrogen) atoms. The minimum absolute atomic E-state index is 0.0339. The van der Waals surface area contributed by atoms with Crippen molar-refractivity contribution in [1.82, 2.24) is 9.88 Å². The maximum atomic E-state index is 12.6. The average molecular weight is 422 g/mol. The van der Waals surface area contributed by atoms with Gasteiger partial charge in [0.2, 0.25) is 0 Å². The number of hydrogen-bond acceptors (Lipinski definition) is 4. The van der Waals surface area contributed by atoms with Crippen LogP contribution in [0.3, 0.4) is 0 Å². The normalized spacial score (nSPS) is 21.0. The molecule has 1 saturated heterocycles. The lowest BCUT2D eigenvalue weighted by Crippen LogP contribution is -2.48. The van der Waals surface area contributed by atoms with Crippen LogP contribution >= 0.6 is 27.5 Å². The van der Waals surface area contributed by atoms with Gasteiger partial charge in [-0.1, -0.05) is 11.6 Å². The van der Waals surface area contributed by atoms with E-state index in [-0.39, 0.29) is 23.9 Å². The Morgan fingerprint density at radius 1 is 1.46 bits per heavy atom. The van der Waals surface area contributed by atoms with Crippen molar-refractivity contribution < 1.29 is 19.1 Å². The van der Waals surface area contributed by atoms with Crippen LogP contribution in [0.1, 0.15) is 35.9 Å². The molecule has 6 nitrogen and oxygen atoms in total. The second kappa shape index (κ2) is 8.36. The average Bonchev–Trinajstić information content (AvgIpc) is 2.83. The number of aromatic amines is 1. The number of hydrogen-bond donors (Lipinski definition) is 1. The van der Waals surface area contributed by atoms with Gasteiger partial charge < -0.3 is 19.4 Å². The molecule has 0 aliphatic carbocycles. The molecule has 2 rings (SSSR count). The molecule has 2 heterocycles. The number of nitrogens with zero attached hydrogens (tertiary/aromatic N) is 1. The highest BCUT2D eigenvalue weighted by atomic mass is 79.9. The molecule has 1 aromatic rings. The van der Waals surface area contributed by atoms with E-state index < -0.39 is 0 Å². The molecule has 1 aromatic heterocycles. The van der Waals surface area contributed by atoms with Gasteiger partial charge in [-0.2, -0.15) is 0 Å². The molecular weight excluding hydrogens is 400 g/mol. The molecule has 1 aliphatic heterocycles. The van der Waals surface area contributed by atoms with Crippen molar-refractivity contribution in [3.8, 4) is 0 Å².